The Morgan fingerprint density at radius 2 is 2.18 bits per heavy atom. The summed E-state index contributed by atoms with van der Waals surface area (Å²) in [4.78, 5) is 14.3. The van der Waals surface area contributed by atoms with E-state index >= 15 is 0 Å². The summed E-state index contributed by atoms with van der Waals surface area (Å²) in [5.41, 5.74) is 0.119. The van der Waals surface area contributed by atoms with Crippen molar-refractivity contribution in [3.8, 4) is 0 Å². The Hall–Kier alpha value is -1.69. The zero-order valence-corrected chi connectivity index (χ0v) is 10.5. The van der Waals surface area contributed by atoms with Gasteiger partial charge in [0.05, 0.1) is 10.5 Å². The van der Waals surface area contributed by atoms with Gasteiger partial charge in [0.1, 0.15) is 11.5 Å². The molecule has 1 rings (SSSR count). The summed E-state index contributed by atoms with van der Waals surface area (Å²) in [7, 11) is 1.64. The fourth-order valence-electron chi connectivity index (χ4n) is 1.22. The normalized spacial score (nSPS) is 11.3. The van der Waals surface area contributed by atoms with Gasteiger partial charge >= 0.3 is 0 Å². The van der Waals surface area contributed by atoms with Crippen molar-refractivity contribution >= 4 is 11.5 Å². The van der Waals surface area contributed by atoms with Crippen molar-refractivity contribution in [2.45, 2.75) is 26.4 Å². The molecule has 0 saturated carbocycles. The maximum atomic E-state index is 10.6. The smallest absolute Gasteiger partial charge is 0.290 e. The van der Waals surface area contributed by atoms with Crippen LogP contribution in [0.15, 0.2) is 12.1 Å². The van der Waals surface area contributed by atoms with Crippen LogP contribution in [-0.2, 0) is 4.74 Å². The molecule has 0 atom stereocenters. The van der Waals surface area contributed by atoms with Crippen LogP contribution in [-0.4, -0.2) is 29.2 Å². The number of methoxy groups -OCH3 is 1. The molecule has 0 radical (unpaired) electrons. The second-order valence-corrected chi connectivity index (χ2v) is 4.38. The molecule has 1 N–H and O–H groups in total. The van der Waals surface area contributed by atoms with Crippen molar-refractivity contribution in [2.75, 3.05) is 19.0 Å². The first-order valence-electron chi connectivity index (χ1n) is 5.27. The van der Waals surface area contributed by atoms with Crippen LogP contribution in [0.3, 0.4) is 0 Å². The third-order valence-corrected chi connectivity index (χ3v) is 2.50. The number of hydrogen-bond donors (Lipinski definition) is 1. The number of nitrogens with zero attached hydrogens (tertiary/aromatic N) is 2. The Morgan fingerprint density at radius 1 is 1.53 bits per heavy atom. The third kappa shape index (κ3) is 3.67. The molecule has 6 heteroatoms. The van der Waals surface area contributed by atoms with E-state index < -0.39 is 4.92 Å². The van der Waals surface area contributed by atoms with Crippen LogP contribution in [0.4, 0.5) is 11.5 Å². The Bertz CT molecular complexity index is 418. The van der Waals surface area contributed by atoms with Crippen molar-refractivity contribution in [3.63, 3.8) is 0 Å². The van der Waals surface area contributed by atoms with Crippen LogP contribution < -0.4 is 5.32 Å². The average molecular weight is 239 g/mol. The van der Waals surface area contributed by atoms with Gasteiger partial charge in [-0.05, 0) is 26.8 Å². The first kappa shape index (κ1) is 13.4. The number of anilines is 1. The van der Waals surface area contributed by atoms with Gasteiger partial charge in [-0.1, -0.05) is 0 Å². The Balaban J connectivity index is 2.75. The second kappa shape index (κ2) is 5.09. The molecule has 0 aliphatic carbocycles. The van der Waals surface area contributed by atoms with Crippen LogP contribution in [0.5, 0.6) is 0 Å². The lowest BCUT2D eigenvalue weighted by Gasteiger charge is -2.23. The van der Waals surface area contributed by atoms with Gasteiger partial charge in [0.2, 0.25) is 0 Å². The Labute approximate surface area is 100 Å². The summed E-state index contributed by atoms with van der Waals surface area (Å²) < 4.78 is 5.25. The van der Waals surface area contributed by atoms with E-state index in [1.165, 1.54) is 6.07 Å². The van der Waals surface area contributed by atoms with Crippen LogP contribution in [0, 0.1) is 17.0 Å². The van der Waals surface area contributed by atoms with E-state index in [4.69, 9.17) is 4.74 Å². The van der Waals surface area contributed by atoms with Gasteiger partial charge in [-0.2, -0.15) is 0 Å². The molecule has 17 heavy (non-hydrogen) atoms. The zero-order valence-electron chi connectivity index (χ0n) is 10.5. The van der Waals surface area contributed by atoms with E-state index in [-0.39, 0.29) is 11.3 Å². The van der Waals surface area contributed by atoms with Gasteiger partial charge in [0.25, 0.3) is 5.69 Å². The predicted molar refractivity (Wildman–Crippen MR) is 65.2 cm³/mol. The monoisotopic (exact) mass is 239 g/mol. The van der Waals surface area contributed by atoms with E-state index in [1.54, 1.807) is 20.1 Å². The molecule has 94 valence electrons. The number of rotatable bonds is 5. The van der Waals surface area contributed by atoms with Gasteiger partial charge in [0.15, 0.2) is 0 Å². The van der Waals surface area contributed by atoms with Gasteiger partial charge in [0, 0.05) is 19.7 Å². The van der Waals surface area contributed by atoms with Gasteiger partial charge in [-0.15, -0.1) is 0 Å². The average Bonchev–Trinajstić information content (AvgIpc) is 2.26. The molecule has 0 saturated heterocycles. The number of nitrogens with one attached hydrogen (secondary N) is 1. The fraction of sp³-hybridized carbons (Fsp3) is 0.545. The summed E-state index contributed by atoms with van der Waals surface area (Å²) in [5.74, 6) is 0.609. The molecule has 6 nitrogen and oxygen atoms in total. The topological polar surface area (TPSA) is 77.3 Å². The molecule has 0 bridgehead atoms. The van der Waals surface area contributed by atoms with Crippen molar-refractivity contribution in [1.82, 2.24) is 4.98 Å². The van der Waals surface area contributed by atoms with Crippen molar-refractivity contribution < 1.29 is 9.66 Å². The van der Waals surface area contributed by atoms with E-state index in [1.807, 2.05) is 13.8 Å². The lowest BCUT2D eigenvalue weighted by Crippen LogP contribution is -2.32. The van der Waals surface area contributed by atoms with Crippen LogP contribution in [0.25, 0.3) is 0 Å². The van der Waals surface area contributed by atoms with Crippen LogP contribution in [0.2, 0.25) is 0 Å². The molecule has 0 aliphatic heterocycles. The number of hydrogen-bond acceptors (Lipinski definition) is 5. The highest BCUT2D eigenvalue weighted by Gasteiger charge is 2.17. The van der Waals surface area contributed by atoms with Gasteiger partial charge in [-0.3, -0.25) is 10.1 Å². The Kier molecular flexibility index (Phi) is 4.01. The van der Waals surface area contributed by atoms with E-state index in [9.17, 15) is 10.1 Å². The second-order valence-electron chi connectivity index (χ2n) is 4.38. The first-order chi connectivity index (χ1) is 7.85. The first-order valence-corrected chi connectivity index (χ1v) is 5.27. The number of aromatic nitrogens is 1. The standard InChI is InChI=1S/C11H17N3O3/c1-8-9(14(15)16)5-6-10(13-8)12-7-11(2,3)17-4/h5-6H,7H2,1-4H3,(H,12,13). The zero-order chi connectivity index (χ0) is 13.1. The molecule has 1 aromatic heterocycles. The lowest BCUT2D eigenvalue weighted by molar-refractivity contribution is -0.385. The predicted octanol–water partition coefficient (Wildman–Crippen LogP) is 2.14. The van der Waals surface area contributed by atoms with E-state index in [0.717, 1.165) is 0 Å². The molecule has 0 amide bonds. The molecule has 1 aromatic rings. The maximum Gasteiger partial charge on any atom is 0.290 e. The van der Waals surface area contributed by atoms with Crippen molar-refractivity contribution in [1.29, 1.82) is 0 Å². The minimum Gasteiger partial charge on any atom is -0.377 e. The summed E-state index contributed by atoms with van der Waals surface area (Å²) in [6, 6.07) is 3.04. The van der Waals surface area contributed by atoms with Crippen LogP contribution in [0.1, 0.15) is 19.5 Å². The highest BCUT2D eigenvalue weighted by atomic mass is 16.6. The number of ether oxygens (including phenoxy) is 1. The van der Waals surface area contributed by atoms with Crippen molar-refractivity contribution in [3.05, 3.63) is 27.9 Å². The lowest BCUT2D eigenvalue weighted by atomic mass is 10.1. The highest BCUT2D eigenvalue weighted by Crippen LogP contribution is 2.18. The minimum atomic E-state index is -0.439. The Morgan fingerprint density at radius 3 is 2.65 bits per heavy atom. The molecule has 0 unspecified atom stereocenters. The maximum absolute atomic E-state index is 10.6. The quantitative estimate of drug-likeness (QED) is 0.629. The molecule has 0 spiro atoms. The SMILES string of the molecule is COC(C)(C)CNc1ccc([N+](=O)[O-])c(C)n1. The van der Waals surface area contributed by atoms with Gasteiger partial charge in [-0.25, -0.2) is 4.98 Å². The largest absolute Gasteiger partial charge is 0.377 e. The van der Waals surface area contributed by atoms with E-state index in [0.29, 0.717) is 18.1 Å². The summed E-state index contributed by atoms with van der Waals surface area (Å²) >= 11 is 0. The fourth-order valence-corrected chi connectivity index (χ4v) is 1.22. The molecule has 0 aromatic carbocycles. The van der Waals surface area contributed by atoms with Gasteiger partial charge < -0.3 is 10.1 Å². The summed E-state index contributed by atoms with van der Waals surface area (Å²) in [6.07, 6.45) is 0. The molecule has 0 aliphatic rings. The van der Waals surface area contributed by atoms with Crippen molar-refractivity contribution in [2.24, 2.45) is 0 Å². The number of aryl methyl sites for hydroxylation is 1. The molecular formula is C11H17N3O3. The van der Waals surface area contributed by atoms with E-state index in [2.05, 4.69) is 10.3 Å². The highest BCUT2D eigenvalue weighted by molar-refractivity contribution is 5.44. The molecule has 0 fully saturated rings. The number of pyridine rings is 1. The third-order valence-electron chi connectivity index (χ3n) is 2.50. The van der Waals surface area contributed by atoms with Crippen LogP contribution >= 0.6 is 0 Å². The number of nitro groups is 1. The minimum absolute atomic E-state index is 0.0292. The molecule has 1 heterocycles. The molecular weight excluding hydrogens is 222 g/mol. The summed E-state index contributed by atoms with van der Waals surface area (Å²) in [5, 5.41) is 13.7. The summed E-state index contributed by atoms with van der Waals surface area (Å²) in [6.45, 7) is 6.08.